The molecule has 1 atom stereocenters. The molecule has 5 heteroatoms. The minimum Gasteiger partial charge on any atom is -0.478 e. The Hall–Kier alpha value is -1.36. The molecule has 0 amide bonds. The summed E-state index contributed by atoms with van der Waals surface area (Å²) in [6, 6.07) is 0.472. The normalized spacial score (nSPS) is 22.4. The van der Waals surface area contributed by atoms with Gasteiger partial charge in [0.2, 0.25) is 0 Å². The summed E-state index contributed by atoms with van der Waals surface area (Å²) in [6.45, 7) is 5.17. The monoisotopic (exact) mass is 265 g/mol. The maximum Gasteiger partial charge on any atom is 0.339 e. The summed E-state index contributed by atoms with van der Waals surface area (Å²) in [5.41, 5.74) is 1.43. The molecule has 2 rings (SSSR count). The Labute approximate surface area is 114 Å². The molecular formula is C14H23N3O2. The van der Waals surface area contributed by atoms with Crippen LogP contribution in [0.5, 0.6) is 0 Å². The number of nitrogens with zero attached hydrogens (tertiary/aromatic N) is 2. The fourth-order valence-corrected chi connectivity index (χ4v) is 2.96. The smallest absolute Gasteiger partial charge is 0.339 e. The Morgan fingerprint density at radius 2 is 2.37 bits per heavy atom. The summed E-state index contributed by atoms with van der Waals surface area (Å²) < 4.78 is 1.64. The lowest BCUT2D eigenvalue weighted by atomic mass is 9.75. The van der Waals surface area contributed by atoms with Gasteiger partial charge in [0.05, 0.1) is 11.9 Å². The van der Waals surface area contributed by atoms with Gasteiger partial charge in [-0.3, -0.25) is 4.68 Å². The first-order chi connectivity index (χ1) is 8.89. The van der Waals surface area contributed by atoms with E-state index in [9.17, 15) is 4.79 Å². The number of rotatable bonds is 4. The van der Waals surface area contributed by atoms with E-state index >= 15 is 0 Å². The van der Waals surface area contributed by atoms with Crippen molar-refractivity contribution in [3.8, 4) is 0 Å². The molecule has 1 aromatic heterocycles. The largest absolute Gasteiger partial charge is 0.478 e. The second-order valence-corrected chi connectivity index (χ2v) is 6.27. The van der Waals surface area contributed by atoms with E-state index < -0.39 is 5.97 Å². The summed E-state index contributed by atoms with van der Waals surface area (Å²) >= 11 is 0. The van der Waals surface area contributed by atoms with Crippen LogP contribution in [-0.4, -0.2) is 26.9 Å². The average molecular weight is 265 g/mol. The number of hydrogen-bond acceptors (Lipinski definition) is 3. The molecule has 1 unspecified atom stereocenters. The third-order valence-corrected chi connectivity index (χ3v) is 4.06. The van der Waals surface area contributed by atoms with E-state index in [2.05, 4.69) is 24.3 Å². The molecule has 1 aliphatic carbocycles. The van der Waals surface area contributed by atoms with Crippen LogP contribution in [0.4, 0.5) is 0 Å². The van der Waals surface area contributed by atoms with Gasteiger partial charge in [-0.2, -0.15) is 5.10 Å². The standard InChI is InChI=1S/C14H23N3O2/c1-14(2)6-4-5-10(7-14)15-9-12-11(13(18)19)8-16-17(12)3/h8,10,15H,4-7,9H2,1-3H3,(H,18,19). The zero-order chi connectivity index (χ0) is 14.0. The highest BCUT2D eigenvalue weighted by Gasteiger charge is 2.28. The molecular weight excluding hydrogens is 242 g/mol. The van der Waals surface area contributed by atoms with Crippen LogP contribution in [0.25, 0.3) is 0 Å². The zero-order valence-electron chi connectivity index (χ0n) is 11.9. The number of nitrogens with one attached hydrogen (secondary N) is 1. The molecule has 1 heterocycles. The van der Waals surface area contributed by atoms with Gasteiger partial charge in [-0.25, -0.2) is 4.79 Å². The van der Waals surface area contributed by atoms with E-state index in [-0.39, 0.29) is 0 Å². The van der Waals surface area contributed by atoms with E-state index in [0.717, 1.165) is 12.1 Å². The zero-order valence-corrected chi connectivity index (χ0v) is 11.9. The van der Waals surface area contributed by atoms with Crippen LogP contribution in [0.3, 0.4) is 0 Å². The van der Waals surface area contributed by atoms with Gasteiger partial charge < -0.3 is 10.4 Å². The molecule has 1 aliphatic rings. The van der Waals surface area contributed by atoms with Gasteiger partial charge in [-0.15, -0.1) is 0 Å². The molecule has 0 aromatic carbocycles. The fraction of sp³-hybridized carbons (Fsp3) is 0.714. The number of carboxylic acid groups (broad SMARTS) is 1. The third kappa shape index (κ3) is 3.35. The maximum atomic E-state index is 11.1. The molecule has 0 bridgehead atoms. The highest BCUT2D eigenvalue weighted by Crippen LogP contribution is 2.35. The third-order valence-electron chi connectivity index (χ3n) is 4.06. The fourth-order valence-electron chi connectivity index (χ4n) is 2.96. The molecule has 0 radical (unpaired) electrons. The summed E-state index contributed by atoms with van der Waals surface area (Å²) in [7, 11) is 1.79. The predicted molar refractivity (Wildman–Crippen MR) is 73.0 cm³/mol. The molecule has 5 nitrogen and oxygen atoms in total. The van der Waals surface area contributed by atoms with Crippen molar-refractivity contribution in [3.63, 3.8) is 0 Å². The van der Waals surface area contributed by atoms with Crippen molar-refractivity contribution in [3.05, 3.63) is 17.5 Å². The summed E-state index contributed by atoms with van der Waals surface area (Å²) in [6.07, 6.45) is 6.25. The molecule has 1 aromatic rings. The van der Waals surface area contributed by atoms with Crippen molar-refractivity contribution in [2.24, 2.45) is 12.5 Å². The SMILES string of the molecule is Cn1ncc(C(=O)O)c1CNC1CCCC(C)(C)C1. The Kier molecular flexibility index (Phi) is 3.94. The van der Waals surface area contributed by atoms with Crippen LogP contribution >= 0.6 is 0 Å². The van der Waals surface area contributed by atoms with E-state index in [0.29, 0.717) is 23.6 Å². The molecule has 0 spiro atoms. The van der Waals surface area contributed by atoms with E-state index in [1.165, 1.54) is 25.5 Å². The van der Waals surface area contributed by atoms with E-state index in [4.69, 9.17) is 5.11 Å². The van der Waals surface area contributed by atoms with Crippen LogP contribution in [0.15, 0.2) is 6.20 Å². The van der Waals surface area contributed by atoms with Gasteiger partial charge in [-0.05, 0) is 24.7 Å². The first-order valence-corrected chi connectivity index (χ1v) is 6.86. The summed E-state index contributed by atoms with van der Waals surface area (Å²) in [4.78, 5) is 11.1. The Balaban J connectivity index is 1.99. The molecule has 2 N–H and O–H groups in total. The van der Waals surface area contributed by atoms with Gasteiger partial charge in [0.1, 0.15) is 5.56 Å². The lowest BCUT2D eigenvalue weighted by Gasteiger charge is -2.35. The first-order valence-electron chi connectivity index (χ1n) is 6.86. The number of aromatic nitrogens is 2. The quantitative estimate of drug-likeness (QED) is 0.875. The number of aryl methyl sites for hydroxylation is 1. The Morgan fingerprint density at radius 3 is 3.00 bits per heavy atom. The minimum atomic E-state index is -0.908. The molecule has 1 fully saturated rings. The van der Waals surface area contributed by atoms with E-state index in [1.807, 2.05) is 0 Å². The van der Waals surface area contributed by atoms with Crippen LogP contribution in [0.1, 0.15) is 55.6 Å². The number of carboxylic acids is 1. The summed E-state index contributed by atoms with van der Waals surface area (Å²) in [5.74, 6) is -0.908. The van der Waals surface area contributed by atoms with Gasteiger partial charge in [-0.1, -0.05) is 20.3 Å². The average Bonchev–Trinajstić information content (AvgIpc) is 2.67. The van der Waals surface area contributed by atoms with Crippen molar-refractivity contribution in [2.45, 2.75) is 52.1 Å². The predicted octanol–water partition coefficient (Wildman–Crippen LogP) is 2.18. The van der Waals surface area contributed by atoms with Crippen LogP contribution in [0, 0.1) is 5.41 Å². The number of hydrogen-bond donors (Lipinski definition) is 2. The van der Waals surface area contributed by atoms with Crippen LogP contribution in [0.2, 0.25) is 0 Å². The van der Waals surface area contributed by atoms with Gasteiger partial charge in [0.15, 0.2) is 0 Å². The Morgan fingerprint density at radius 1 is 1.63 bits per heavy atom. The molecule has 19 heavy (non-hydrogen) atoms. The maximum absolute atomic E-state index is 11.1. The lowest BCUT2D eigenvalue weighted by molar-refractivity contribution is 0.0695. The van der Waals surface area contributed by atoms with Crippen LogP contribution in [-0.2, 0) is 13.6 Å². The number of aromatic carboxylic acids is 1. The van der Waals surface area contributed by atoms with Gasteiger partial charge in [0, 0.05) is 19.6 Å². The second kappa shape index (κ2) is 5.33. The highest BCUT2D eigenvalue weighted by molar-refractivity contribution is 5.88. The van der Waals surface area contributed by atoms with Crippen molar-refractivity contribution >= 4 is 5.97 Å². The van der Waals surface area contributed by atoms with Crippen molar-refractivity contribution in [2.75, 3.05) is 0 Å². The topological polar surface area (TPSA) is 67.2 Å². The van der Waals surface area contributed by atoms with Gasteiger partial charge in [0.25, 0.3) is 0 Å². The highest BCUT2D eigenvalue weighted by atomic mass is 16.4. The first kappa shape index (κ1) is 14.1. The Bertz CT molecular complexity index is 465. The minimum absolute atomic E-state index is 0.296. The van der Waals surface area contributed by atoms with Crippen LogP contribution < -0.4 is 5.32 Å². The molecule has 1 saturated carbocycles. The van der Waals surface area contributed by atoms with Crippen molar-refractivity contribution < 1.29 is 9.90 Å². The lowest BCUT2D eigenvalue weighted by Crippen LogP contribution is -2.37. The van der Waals surface area contributed by atoms with Crippen molar-refractivity contribution in [1.29, 1.82) is 0 Å². The van der Waals surface area contributed by atoms with Gasteiger partial charge >= 0.3 is 5.97 Å². The molecule has 106 valence electrons. The van der Waals surface area contributed by atoms with E-state index in [1.54, 1.807) is 11.7 Å². The van der Waals surface area contributed by atoms with Crippen molar-refractivity contribution in [1.82, 2.24) is 15.1 Å². The number of carbonyl (C=O) groups is 1. The summed E-state index contributed by atoms with van der Waals surface area (Å²) in [5, 5.41) is 16.6. The molecule has 0 saturated heterocycles. The second-order valence-electron chi connectivity index (χ2n) is 6.27. The molecule has 0 aliphatic heterocycles.